The number of hydrogen-bond acceptors (Lipinski definition) is 3. The minimum Gasteiger partial charge on any atom is -0.310 e. The molecule has 116 valence electrons. The molecule has 1 N–H and O–H groups in total. The summed E-state index contributed by atoms with van der Waals surface area (Å²) in [5.41, 5.74) is 0.858. The maximum Gasteiger partial charge on any atom is 0.243 e. The number of sulfonamides is 1. The molecule has 1 aromatic rings. The first-order chi connectivity index (χ1) is 10.0. The van der Waals surface area contributed by atoms with Gasteiger partial charge in [0.1, 0.15) is 0 Å². The van der Waals surface area contributed by atoms with Crippen LogP contribution in [-0.4, -0.2) is 31.4 Å². The van der Waals surface area contributed by atoms with E-state index in [2.05, 4.69) is 5.32 Å². The van der Waals surface area contributed by atoms with Gasteiger partial charge in [0.05, 0.1) is 4.90 Å². The fourth-order valence-electron chi connectivity index (χ4n) is 2.51. The lowest BCUT2D eigenvalue weighted by molar-refractivity contribution is 0.421. The average Bonchev–Trinajstić information content (AvgIpc) is 3.32. The van der Waals surface area contributed by atoms with Crippen molar-refractivity contribution in [2.24, 2.45) is 0 Å². The summed E-state index contributed by atoms with van der Waals surface area (Å²) in [6.07, 6.45) is 4.33. The second-order valence-electron chi connectivity index (χ2n) is 5.85. The molecule has 3 rings (SSSR count). The van der Waals surface area contributed by atoms with Gasteiger partial charge in [0, 0.05) is 30.2 Å². The van der Waals surface area contributed by atoms with Crippen LogP contribution in [0.3, 0.4) is 0 Å². The Labute approximate surface area is 131 Å². The van der Waals surface area contributed by atoms with Crippen LogP contribution in [0.1, 0.15) is 38.2 Å². The van der Waals surface area contributed by atoms with Crippen LogP contribution in [0.4, 0.5) is 0 Å². The Morgan fingerprint density at radius 1 is 1.29 bits per heavy atom. The Bertz CT molecular complexity index is 625. The average molecular weight is 329 g/mol. The highest BCUT2D eigenvalue weighted by atomic mass is 35.5. The largest absolute Gasteiger partial charge is 0.310 e. The molecule has 2 saturated carbocycles. The molecule has 0 spiro atoms. The Balaban J connectivity index is 1.84. The zero-order valence-electron chi connectivity index (χ0n) is 12.2. The van der Waals surface area contributed by atoms with Gasteiger partial charge in [0.2, 0.25) is 10.0 Å². The third-order valence-corrected chi connectivity index (χ3v) is 6.44. The summed E-state index contributed by atoms with van der Waals surface area (Å²) in [7, 11) is -3.40. The number of halogens is 1. The first kappa shape index (κ1) is 15.3. The second kappa shape index (κ2) is 5.88. The van der Waals surface area contributed by atoms with Crippen LogP contribution in [0.5, 0.6) is 0 Å². The Morgan fingerprint density at radius 2 is 2.00 bits per heavy atom. The fraction of sp³-hybridized carbons (Fsp3) is 0.600. The predicted molar refractivity (Wildman–Crippen MR) is 83.9 cm³/mol. The van der Waals surface area contributed by atoms with Gasteiger partial charge in [-0.15, -0.1) is 0 Å². The van der Waals surface area contributed by atoms with Crippen molar-refractivity contribution in [3.8, 4) is 0 Å². The summed E-state index contributed by atoms with van der Waals surface area (Å²) in [4.78, 5) is 0.355. The summed E-state index contributed by atoms with van der Waals surface area (Å²) in [6, 6.07) is 5.78. The van der Waals surface area contributed by atoms with Crippen molar-refractivity contribution in [3.63, 3.8) is 0 Å². The van der Waals surface area contributed by atoms with E-state index in [1.165, 1.54) is 12.8 Å². The molecular weight excluding hydrogens is 308 g/mol. The number of rotatable bonds is 7. The quantitative estimate of drug-likeness (QED) is 0.837. The lowest BCUT2D eigenvalue weighted by atomic mass is 10.2. The van der Waals surface area contributed by atoms with Crippen LogP contribution in [0.15, 0.2) is 23.1 Å². The molecule has 0 atom stereocenters. The summed E-state index contributed by atoms with van der Waals surface area (Å²) in [5.74, 6) is 0. The van der Waals surface area contributed by atoms with Gasteiger partial charge in [-0.05, 0) is 49.4 Å². The van der Waals surface area contributed by atoms with E-state index in [9.17, 15) is 8.42 Å². The van der Waals surface area contributed by atoms with Gasteiger partial charge in [-0.2, -0.15) is 4.31 Å². The van der Waals surface area contributed by atoms with Gasteiger partial charge in [0.15, 0.2) is 0 Å². The third-order valence-electron chi connectivity index (χ3n) is 4.05. The highest BCUT2D eigenvalue weighted by molar-refractivity contribution is 7.89. The van der Waals surface area contributed by atoms with E-state index < -0.39 is 10.0 Å². The van der Waals surface area contributed by atoms with Gasteiger partial charge in [0.25, 0.3) is 0 Å². The lowest BCUT2D eigenvalue weighted by Crippen LogP contribution is -2.33. The molecule has 6 heteroatoms. The zero-order chi connectivity index (χ0) is 15.0. The van der Waals surface area contributed by atoms with Crippen molar-refractivity contribution < 1.29 is 8.42 Å². The van der Waals surface area contributed by atoms with E-state index in [0.717, 1.165) is 18.4 Å². The molecule has 0 aromatic heterocycles. The van der Waals surface area contributed by atoms with Crippen molar-refractivity contribution >= 4 is 21.6 Å². The van der Waals surface area contributed by atoms with Crippen LogP contribution in [-0.2, 0) is 16.6 Å². The maximum absolute atomic E-state index is 12.7. The number of benzene rings is 1. The van der Waals surface area contributed by atoms with Crippen molar-refractivity contribution in [3.05, 3.63) is 28.8 Å². The van der Waals surface area contributed by atoms with Crippen molar-refractivity contribution in [1.82, 2.24) is 9.62 Å². The first-order valence-corrected chi connectivity index (χ1v) is 9.38. The Kier molecular flexibility index (Phi) is 4.28. The molecule has 0 unspecified atom stereocenters. The predicted octanol–water partition coefficient (Wildman–Crippen LogP) is 2.77. The van der Waals surface area contributed by atoms with Crippen molar-refractivity contribution in [2.75, 3.05) is 6.54 Å². The molecule has 2 fully saturated rings. The molecular formula is C15H21ClN2O2S. The highest BCUT2D eigenvalue weighted by Crippen LogP contribution is 2.32. The van der Waals surface area contributed by atoms with E-state index in [0.29, 0.717) is 29.0 Å². The normalized spacial score (nSPS) is 19.2. The van der Waals surface area contributed by atoms with E-state index >= 15 is 0 Å². The minimum atomic E-state index is -3.40. The number of nitrogens with zero attached hydrogens (tertiary/aromatic N) is 1. The number of nitrogens with one attached hydrogen (secondary N) is 1. The van der Waals surface area contributed by atoms with E-state index in [1.54, 1.807) is 22.5 Å². The molecule has 0 bridgehead atoms. The molecule has 21 heavy (non-hydrogen) atoms. The smallest absolute Gasteiger partial charge is 0.243 e. The summed E-state index contributed by atoms with van der Waals surface area (Å²) >= 11 is 6.19. The first-order valence-electron chi connectivity index (χ1n) is 7.56. The van der Waals surface area contributed by atoms with E-state index in [1.807, 2.05) is 6.92 Å². The monoisotopic (exact) mass is 328 g/mol. The SMILES string of the molecule is CCN(C1CC1)S(=O)(=O)c1ccc(Cl)c(CNC2CC2)c1. The van der Waals surface area contributed by atoms with Gasteiger partial charge < -0.3 is 5.32 Å². The summed E-state index contributed by atoms with van der Waals surface area (Å²) < 4.78 is 27.0. The third kappa shape index (κ3) is 3.42. The number of hydrogen-bond donors (Lipinski definition) is 1. The molecule has 0 heterocycles. The molecule has 4 nitrogen and oxygen atoms in total. The fourth-order valence-corrected chi connectivity index (χ4v) is 4.44. The van der Waals surface area contributed by atoms with E-state index in [4.69, 9.17) is 11.6 Å². The Morgan fingerprint density at radius 3 is 2.57 bits per heavy atom. The van der Waals surface area contributed by atoms with Gasteiger partial charge in [-0.3, -0.25) is 0 Å². The van der Waals surface area contributed by atoms with Crippen LogP contribution in [0, 0.1) is 0 Å². The lowest BCUT2D eigenvalue weighted by Gasteiger charge is -2.20. The van der Waals surface area contributed by atoms with Crippen molar-refractivity contribution in [2.45, 2.75) is 56.1 Å². The molecule has 0 aliphatic heterocycles. The topological polar surface area (TPSA) is 49.4 Å². The summed E-state index contributed by atoms with van der Waals surface area (Å²) in [5, 5.41) is 4.00. The van der Waals surface area contributed by atoms with Gasteiger partial charge in [-0.25, -0.2) is 8.42 Å². The molecule has 2 aliphatic carbocycles. The summed E-state index contributed by atoms with van der Waals surface area (Å²) in [6.45, 7) is 3.04. The molecule has 0 saturated heterocycles. The van der Waals surface area contributed by atoms with Crippen molar-refractivity contribution in [1.29, 1.82) is 0 Å². The minimum absolute atomic E-state index is 0.184. The standard InChI is InChI=1S/C15H21ClN2O2S/c1-2-18(13-5-6-13)21(19,20)14-7-8-15(16)11(9-14)10-17-12-3-4-12/h7-9,12-13,17H,2-6,10H2,1H3. The van der Waals surface area contributed by atoms with Gasteiger partial charge in [-0.1, -0.05) is 18.5 Å². The Hall–Kier alpha value is -0.620. The van der Waals surface area contributed by atoms with E-state index in [-0.39, 0.29) is 6.04 Å². The molecule has 1 aromatic carbocycles. The molecule has 2 aliphatic rings. The van der Waals surface area contributed by atoms with Gasteiger partial charge >= 0.3 is 0 Å². The van der Waals surface area contributed by atoms with Crippen LogP contribution in [0.2, 0.25) is 5.02 Å². The molecule has 0 amide bonds. The van der Waals surface area contributed by atoms with Crippen LogP contribution < -0.4 is 5.32 Å². The molecule has 0 radical (unpaired) electrons. The van der Waals surface area contributed by atoms with Crippen LogP contribution >= 0.6 is 11.6 Å². The maximum atomic E-state index is 12.7. The van der Waals surface area contributed by atoms with Crippen LogP contribution in [0.25, 0.3) is 0 Å². The highest BCUT2D eigenvalue weighted by Gasteiger charge is 2.37. The zero-order valence-corrected chi connectivity index (χ0v) is 13.8. The second-order valence-corrected chi connectivity index (χ2v) is 8.15.